The fourth-order valence-electron chi connectivity index (χ4n) is 4.45. The second-order valence-corrected chi connectivity index (χ2v) is 12.5. The van der Waals surface area contributed by atoms with Crippen molar-refractivity contribution in [3.8, 4) is 5.75 Å². The summed E-state index contributed by atoms with van der Waals surface area (Å²) < 4.78 is 56.9. The van der Waals surface area contributed by atoms with Crippen LogP contribution in [0.15, 0.2) is 96.7 Å². The largest absolute Gasteiger partial charge is 0.488 e. The Hall–Kier alpha value is -3.19. The summed E-state index contributed by atoms with van der Waals surface area (Å²) in [6.07, 6.45) is -3.47. The summed E-state index contributed by atoms with van der Waals surface area (Å²) >= 11 is 13.6. The quantitative estimate of drug-likeness (QED) is 0.189. The number of rotatable bonds is 7. The lowest BCUT2D eigenvalue weighted by molar-refractivity contribution is -0.140. The van der Waals surface area contributed by atoms with Crippen molar-refractivity contribution in [3.63, 3.8) is 0 Å². The molecule has 2 heterocycles. The first-order valence-electron chi connectivity index (χ1n) is 12.7. The molecule has 0 aliphatic carbocycles. The number of halogens is 6. The zero-order valence-corrected chi connectivity index (χ0v) is 26.9. The van der Waals surface area contributed by atoms with Gasteiger partial charge in [0.25, 0.3) is 5.56 Å². The molecule has 3 aromatic carbocycles. The molecule has 1 aliphatic heterocycles. The highest BCUT2D eigenvalue weighted by atomic mass is 79.9. The van der Waals surface area contributed by atoms with Crippen LogP contribution in [0, 0.1) is 0 Å². The number of hydrogen-bond acceptors (Lipinski definition) is 6. The Morgan fingerprint density at radius 1 is 1.07 bits per heavy atom. The van der Waals surface area contributed by atoms with E-state index in [1.54, 1.807) is 18.2 Å². The van der Waals surface area contributed by atoms with Crippen molar-refractivity contribution in [1.29, 1.82) is 0 Å². The highest BCUT2D eigenvalue weighted by Crippen LogP contribution is 2.38. The minimum absolute atomic E-state index is 0.0935. The predicted molar refractivity (Wildman–Crippen MR) is 165 cm³/mol. The molecule has 0 radical (unpaired) electrons. The molecule has 222 valence electrons. The van der Waals surface area contributed by atoms with Crippen LogP contribution in [0.4, 0.5) is 13.2 Å². The van der Waals surface area contributed by atoms with Gasteiger partial charge in [-0.05, 0) is 66.6 Å². The van der Waals surface area contributed by atoms with Gasteiger partial charge in [0, 0.05) is 19.5 Å². The first-order chi connectivity index (χ1) is 20.5. The third-order valence-electron chi connectivity index (χ3n) is 6.35. The number of alkyl halides is 3. The maximum absolute atomic E-state index is 14.3. The Morgan fingerprint density at radius 2 is 1.74 bits per heavy atom. The van der Waals surface area contributed by atoms with E-state index in [2.05, 4.69) is 36.9 Å². The Kier molecular flexibility index (Phi) is 9.31. The fourth-order valence-corrected chi connectivity index (χ4v) is 6.21. The lowest BCUT2D eigenvalue weighted by atomic mass is 9.95. The maximum atomic E-state index is 14.3. The van der Waals surface area contributed by atoms with Crippen LogP contribution in [-0.2, 0) is 16.1 Å². The summed E-state index contributed by atoms with van der Waals surface area (Å²) in [5.74, 6) is -0.766. The monoisotopic (exact) mass is 754 g/mol. The van der Waals surface area contributed by atoms with Gasteiger partial charge in [0.1, 0.15) is 12.4 Å². The zero-order valence-electron chi connectivity index (χ0n) is 22.1. The minimum atomic E-state index is -5.00. The van der Waals surface area contributed by atoms with Crippen molar-refractivity contribution < 1.29 is 27.4 Å². The van der Waals surface area contributed by atoms with E-state index in [9.17, 15) is 22.8 Å². The fraction of sp³-hybridized carbons (Fsp3) is 0.167. The van der Waals surface area contributed by atoms with Crippen LogP contribution < -0.4 is 19.6 Å². The van der Waals surface area contributed by atoms with Crippen LogP contribution in [0.25, 0.3) is 6.08 Å². The van der Waals surface area contributed by atoms with Gasteiger partial charge >= 0.3 is 12.1 Å². The van der Waals surface area contributed by atoms with Gasteiger partial charge in [-0.3, -0.25) is 9.36 Å². The van der Waals surface area contributed by atoms with Crippen molar-refractivity contribution in [2.45, 2.75) is 25.7 Å². The molecule has 4 aromatic rings. The second kappa shape index (κ2) is 12.8. The second-order valence-electron chi connectivity index (χ2n) is 9.21. The van der Waals surface area contributed by atoms with E-state index in [-0.39, 0.29) is 28.1 Å². The van der Waals surface area contributed by atoms with Crippen molar-refractivity contribution >= 4 is 66.8 Å². The van der Waals surface area contributed by atoms with Gasteiger partial charge < -0.3 is 9.47 Å². The first-order valence-corrected chi connectivity index (χ1v) is 15.5. The number of carbonyl (C=O) groups excluding carboxylic acids is 1. The highest BCUT2D eigenvalue weighted by molar-refractivity contribution is 9.10. The molecule has 0 N–H and O–H groups in total. The van der Waals surface area contributed by atoms with Crippen molar-refractivity contribution in [1.82, 2.24) is 4.57 Å². The van der Waals surface area contributed by atoms with Gasteiger partial charge in [0.05, 0.1) is 22.8 Å². The number of nitrogens with zero attached hydrogens (tertiary/aromatic N) is 2. The summed E-state index contributed by atoms with van der Waals surface area (Å²) in [6, 6.07) is 17.2. The van der Waals surface area contributed by atoms with Crippen molar-refractivity contribution in [2.75, 3.05) is 6.61 Å². The molecule has 0 unspecified atom stereocenters. The van der Waals surface area contributed by atoms with E-state index < -0.39 is 35.0 Å². The van der Waals surface area contributed by atoms with Crippen LogP contribution >= 0.6 is 54.8 Å². The number of thiazole rings is 1. The number of aromatic nitrogens is 1. The lowest BCUT2D eigenvalue weighted by Crippen LogP contribution is -2.41. The van der Waals surface area contributed by atoms with Crippen LogP contribution in [0.3, 0.4) is 0 Å². The van der Waals surface area contributed by atoms with Gasteiger partial charge in [-0.25, -0.2) is 9.79 Å². The molecule has 0 bridgehead atoms. The van der Waals surface area contributed by atoms with Crippen LogP contribution in [0.2, 0.25) is 5.02 Å². The minimum Gasteiger partial charge on any atom is -0.488 e. The molecular weight excluding hydrogens is 737 g/mol. The van der Waals surface area contributed by atoms with E-state index in [1.165, 1.54) is 37.3 Å². The number of ether oxygens (including phenoxy) is 2. The van der Waals surface area contributed by atoms with Gasteiger partial charge in [-0.1, -0.05) is 79.1 Å². The van der Waals surface area contributed by atoms with E-state index in [1.807, 2.05) is 24.3 Å². The number of fused-ring (bicyclic) bond motifs is 1. The van der Waals surface area contributed by atoms with Gasteiger partial charge in [0.15, 0.2) is 10.5 Å². The summed E-state index contributed by atoms with van der Waals surface area (Å²) in [4.78, 5) is 30.5. The standard InChI is InChI=1S/C30H20Br2ClF3N2O4S/c1-2-41-28(40)24-25(17-5-10-21(33)11-6-17)38-27(39)23(43-29(38)37-26(24)30(34,35)36)14-18-13-20(32)9-12-22(18)42-15-16-3-7-19(31)8-4-16/h3-14,25H,2,15H2,1H3/b23-14-/t25-/m0/s1. The van der Waals surface area contributed by atoms with Gasteiger partial charge in [-0.2, -0.15) is 13.2 Å². The Balaban J connectivity index is 1.68. The third kappa shape index (κ3) is 6.82. The molecule has 0 saturated heterocycles. The number of benzene rings is 3. The molecular formula is C30H20Br2ClF3N2O4S. The van der Waals surface area contributed by atoms with Gasteiger partial charge in [-0.15, -0.1) is 0 Å². The Bertz CT molecular complexity index is 1900. The summed E-state index contributed by atoms with van der Waals surface area (Å²) in [5, 5.41) is 0.333. The summed E-state index contributed by atoms with van der Waals surface area (Å²) in [5.41, 5.74) is -1.18. The Labute approximate surface area is 269 Å². The molecule has 0 spiro atoms. The molecule has 5 rings (SSSR count). The van der Waals surface area contributed by atoms with Gasteiger partial charge in [0.2, 0.25) is 0 Å². The summed E-state index contributed by atoms with van der Waals surface area (Å²) in [6.45, 7) is 1.55. The Morgan fingerprint density at radius 3 is 2.40 bits per heavy atom. The third-order valence-corrected chi connectivity index (χ3v) is 8.60. The summed E-state index contributed by atoms with van der Waals surface area (Å²) in [7, 11) is 0. The smallest absolute Gasteiger partial charge is 0.434 e. The lowest BCUT2D eigenvalue weighted by Gasteiger charge is -2.26. The average molecular weight is 757 g/mol. The zero-order chi connectivity index (χ0) is 30.9. The molecule has 13 heteroatoms. The number of carbonyl (C=O) groups is 1. The predicted octanol–water partition coefficient (Wildman–Crippen LogP) is 7.10. The van der Waals surface area contributed by atoms with E-state index in [0.717, 1.165) is 25.9 Å². The first kappa shape index (κ1) is 31.2. The van der Waals surface area contributed by atoms with E-state index in [4.69, 9.17) is 21.1 Å². The normalized spacial score (nSPS) is 15.2. The SMILES string of the molecule is CCOC(=O)C1=C(C(F)(F)F)N=c2s/c(=C\c3cc(Br)ccc3OCc3ccc(Br)cc3)c(=O)n2[C@H]1c1ccc(Cl)cc1. The van der Waals surface area contributed by atoms with Crippen LogP contribution in [-0.4, -0.2) is 23.3 Å². The number of esters is 1. The molecule has 0 fully saturated rings. The van der Waals surface area contributed by atoms with Crippen LogP contribution in [0.5, 0.6) is 5.75 Å². The highest BCUT2D eigenvalue weighted by Gasteiger charge is 2.45. The van der Waals surface area contributed by atoms with Crippen LogP contribution in [0.1, 0.15) is 29.7 Å². The molecule has 0 amide bonds. The van der Waals surface area contributed by atoms with E-state index >= 15 is 0 Å². The molecule has 43 heavy (non-hydrogen) atoms. The number of allylic oxidation sites excluding steroid dienone is 1. The average Bonchev–Trinajstić information content (AvgIpc) is 3.27. The maximum Gasteiger partial charge on any atom is 0.434 e. The molecule has 6 nitrogen and oxygen atoms in total. The molecule has 0 saturated carbocycles. The van der Waals surface area contributed by atoms with Crippen molar-refractivity contribution in [3.05, 3.63) is 128 Å². The molecule has 1 aliphatic rings. The molecule has 1 aromatic heterocycles. The number of hydrogen-bond donors (Lipinski definition) is 0. The van der Waals surface area contributed by atoms with E-state index in [0.29, 0.717) is 20.8 Å². The van der Waals surface area contributed by atoms with Crippen molar-refractivity contribution in [2.24, 2.45) is 4.99 Å². The molecule has 1 atom stereocenters. The topological polar surface area (TPSA) is 69.9 Å².